The van der Waals surface area contributed by atoms with Crippen LogP contribution in [0.25, 0.3) is 0 Å². The predicted octanol–water partition coefficient (Wildman–Crippen LogP) is 3.54. The molecule has 24 heavy (non-hydrogen) atoms. The highest BCUT2D eigenvalue weighted by atomic mass is 35.5. The Morgan fingerprint density at radius 1 is 1.21 bits per heavy atom. The summed E-state index contributed by atoms with van der Waals surface area (Å²) in [4.78, 5) is 12.4. The minimum Gasteiger partial charge on any atom is -0.481 e. The highest BCUT2D eigenvalue weighted by Crippen LogP contribution is 2.19. The molecular weight excluding hydrogens is 350 g/mol. The maximum atomic E-state index is 12.2. The first-order valence-corrected chi connectivity index (χ1v) is 9.41. The van der Waals surface area contributed by atoms with Crippen LogP contribution in [-0.4, -0.2) is 26.2 Å². The van der Waals surface area contributed by atoms with Gasteiger partial charge in [-0.25, -0.2) is 8.42 Å². The van der Waals surface area contributed by atoms with Crippen molar-refractivity contribution in [2.24, 2.45) is 0 Å². The molecule has 1 N–H and O–H groups in total. The molecule has 2 rings (SSSR count). The average molecular weight is 368 g/mol. The SMILES string of the molecule is CCS(=O)(=O)c1ccc(NC(=O)C(C)Oc2cccc(Cl)c2)cc1. The van der Waals surface area contributed by atoms with Crippen LogP contribution in [0.5, 0.6) is 5.75 Å². The highest BCUT2D eigenvalue weighted by molar-refractivity contribution is 7.91. The number of halogens is 1. The summed E-state index contributed by atoms with van der Waals surface area (Å²) >= 11 is 5.87. The van der Waals surface area contributed by atoms with Crippen LogP contribution in [0.3, 0.4) is 0 Å². The van der Waals surface area contributed by atoms with E-state index in [-0.39, 0.29) is 16.6 Å². The second kappa shape index (κ2) is 7.68. The van der Waals surface area contributed by atoms with Crippen molar-refractivity contribution in [3.63, 3.8) is 0 Å². The van der Waals surface area contributed by atoms with Gasteiger partial charge in [0.25, 0.3) is 5.91 Å². The van der Waals surface area contributed by atoms with Gasteiger partial charge in [0.15, 0.2) is 15.9 Å². The van der Waals surface area contributed by atoms with E-state index in [0.29, 0.717) is 16.5 Å². The summed E-state index contributed by atoms with van der Waals surface area (Å²) in [5, 5.41) is 3.20. The third-order valence-electron chi connectivity index (χ3n) is 3.34. The number of anilines is 1. The second-order valence-electron chi connectivity index (χ2n) is 5.13. The lowest BCUT2D eigenvalue weighted by Crippen LogP contribution is -2.30. The van der Waals surface area contributed by atoms with Crippen molar-refractivity contribution in [1.29, 1.82) is 0 Å². The van der Waals surface area contributed by atoms with Gasteiger partial charge in [0, 0.05) is 10.7 Å². The number of carbonyl (C=O) groups excluding carboxylic acids is 1. The molecule has 0 heterocycles. The number of benzene rings is 2. The molecule has 0 aliphatic heterocycles. The van der Waals surface area contributed by atoms with Gasteiger partial charge in [-0.3, -0.25) is 4.79 Å². The summed E-state index contributed by atoms with van der Waals surface area (Å²) in [5.74, 6) is 0.180. The number of rotatable bonds is 6. The first-order valence-electron chi connectivity index (χ1n) is 7.37. The molecule has 0 aromatic heterocycles. The van der Waals surface area contributed by atoms with E-state index in [9.17, 15) is 13.2 Å². The molecule has 2 aromatic rings. The molecule has 0 fully saturated rings. The largest absolute Gasteiger partial charge is 0.481 e. The summed E-state index contributed by atoms with van der Waals surface area (Å²) in [6.07, 6.45) is -0.734. The van der Waals surface area contributed by atoms with Crippen LogP contribution in [0.2, 0.25) is 5.02 Å². The number of hydrogen-bond donors (Lipinski definition) is 1. The fourth-order valence-electron chi connectivity index (χ4n) is 1.95. The van der Waals surface area contributed by atoms with Gasteiger partial charge in [-0.2, -0.15) is 0 Å². The van der Waals surface area contributed by atoms with Gasteiger partial charge >= 0.3 is 0 Å². The normalized spacial score (nSPS) is 12.5. The summed E-state index contributed by atoms with van der Waals surface area (Å²) in [6.45, 7) is 3.20. The molecule has 0 spiro atoms. The summed E-state index contributed by atoms with van der Waals surface area (Å²) in [5.41, 5.74) is 0.497. The quantitative estimate of drug-likeness (QED) is 0.847. The van der Waals surface area contributed by atoms with Crippen LogP contribution in [0.1, 0.15) is 13.8 Å². The number of carbonyl (C=O) groups is 1. The zero-order valence-electron chi connectivity index (χ0n) is 13.3. The van der Waals surface area contributed by atoms with Crippen molar-refractivity contribution >= 4 is 33.0 Å². The first kappa shape index (κ1) is 18.3. The Morgan fingerprint density at radius 3 is 2.46 bits per heavy atom. The van der Waals surface area contributed by atoms with Crippen LogP contribution in [0.15, 0.2) is 53.4 Å². The Kier molecular flexibility index (Phi) is 5.85. The van der Waals surface area contributed by atoms with E-state index in [4.69, 9.17) is 16.3 Å². The lowest BCUT2D eigenvalue weighted by atomic mass is 10.3. The fraction of sp³-hybridized carbons (Fsp3) is 0.235. The Labute approximate surface area is 146 Å². The third-order valence-corrected chi connectivity index (χ3v) is 5.32. The van der Waals surface area contributed by atoms with Crippen LogP contribution >= 0.6 is 11.6 Å². The molecule has 0 saturated heterocycles. The molecule has 7 heteroatoms. The fourth-order valence-corrected chi connectivity index (χ4v) is 3.02. The van der Waals surface area contributed by atoms with Gasteiger partial charge in [0.1, 0.15) is 5.75 Å². The van der Waals surface area contributed by atoms with Gasteiger partial charge in [0.2, 0.25) is 0 Å². The first-order chi connectivity index (χ1) is 11.3. The Morgan fingerprint density at radius 2 is 1.88 bits per heavy atom. The van der Waals surface area contributed by atoms with Crippen LogP contribution in [0.4, 0.5) is 5.69 Å². The standard InChI is InChI=1S/C17H18ClNO4S/c1-3-24(21,22)16-9-7-14(8-10-16)19-17(20)12(2)23-15-6-4-5-13(18)11-15/h4-12H,3H2,1-2H3,(H,19,20). The molecule has 2 aromatic carbocycles. The van der Waals surface area contributed by atoms with E-state index in [0.717, 1.165) is 0 Å². The zero-order chi connectivity index (χ0) is 17.7. The molecule has 0 bridgehead atoms. The number of sulfone groups is 1. The van der Waals surface area contributed by atoms with Crippen molar-refractivity contribution in [2.45, 2.75) is 24.8 Å². The molecule has 1 amide bonds. The second-order valence-corrected chi connectivity index (χ2v) is 7.85. The Hall–Kier alpha value is -2.05. The Bertz CT molecular complexity index is 819. The lowest BCUT2D eigenvalue weighted by molar-refractivity contribution is -0.122. The molecule has 1 atom stereocenters. The van der Waals surface area contributed by atoms with E-state index in [1.165, 1.54) is 12.1 Å². The smallest absolute Gasteiger partial charge is 0.265 e. The number of hydrogen-bond acceptors (Lipinski definition) is 4. The van der Waals surface area contributed by atoms with E-state index in [1.807, 2.05) is 0 Å². The van der Waals surface area contributed by atoms with E-state index in [2.05, 4.69) is 5.32 Å². The maximum Gasteiger partial charge on any atom is 0.265 e. The molecule has 1 unspecified atom stereocenters. The van der Waals surface area contributed by atoms with Gasteiger partial charge in [-0.1, -0.05) is 24.6 Å². The number of nitrogens with one attached hydrogen (secondary N) is 1. The van der Waals surface area contributed by atoms with Gasteiger partial charge in [-0.15, -0.1) is 0 Å². The molecule has 0 saturated carbocycles. The van der Waals surface area contributed by atoms with E-state index >= 15 is 0 Å². The number of ether oxygens (including phenoxy) is 1. The molecule has 0 radical (unpaired) electrons. The predicted molar refractivity (Wildman–Crippen MR) is 94.3 cm³/mol. The van der Waals surface area contributed by atoms with Crippen LogP contribution in [0, 0.1) is 0 Å². The summed E-state index contributed by atoms with van der Waals surface area (Å²) < 4.78 is 29.0. The van der Waals surface area contributed by atoms with Crippen molar-refractivity contribution in [3.05, 3.63) is 53.6 Å². The topological polar surface area (TPSA) is 72.5 Å². The monoisotopic (exact) mass is 367 g/mol. The molecule has 0 aliphatic rings. The van der Waals surface area contributed by atoms with Crippen molar-refractivity contribution in [3.8, 4) is 5.75 Å². The molecule has 0 aliphatic carbocycles. The average Bonchev–Trinajstić information content (AvgIpc) is 2.55. The molecule has 5 nitrogen and oxygen atoms in total. The molecule has 128 valence electrons. The zero-order valence-corrected chi connectivity index (χ0v) is 14.9. The Balaban J connectivity index is 2.01. The maximum absolute atomic E-state index is 12.2. The van der Waals surface area contributed by atoms with Crippen LogP contribution in [-0.2, 0) is 14.6 Å². The third kappa shape index (κ3) is 4.72. The van der Waals surface area contributed by atoms with Crippen molar-refractivity contribution in [2.75, 3.05) is 11.1 Å². The van der Waals surface area contributed by atoms with Crippen molar-refractivity contribution in [1.82, 2.24) is 0 Å². The summed E-state index contributed by atoms with van der Waals surface area (Å²) in [7, 11) is -3.25. The van der Waals surface area contributed by atoms with E-state index < -0.39 is 15.9 Å². The number of amides is 1. The van der Waals surface area contributed by atoms with Gasteiger partial charge in [0.05, 0.1) is 10.6 Å². The van der Waals surface area contributed by atoms with Crippen LogP contribution < -0.4 is 10.1 Å². The minimum absolute atomic E-state index is 0.0310. The minimum atomic E-state index is -3.25. The summed E-state index contributed by atoms with van der Waals surface area (Å²) in [6, 6.07) is 12.8. The highest BCUT2D eigenvalue weighted by Gasteiger charge is 2.16. The van der Waals surface area contributed by atoms with Gasteiger partial charge < -0.3 is 10.1 Å². The van der Waals surface area contributed by atoms with Gasteiger partial charge in [-0.05, 0) is 49.4 Å². The molecular formula is C17H18ClNO4S. The lowest BCUT2D eigenvalue weighted by Gasteiger charge is -2.15. The van der Waals surface area contributed by atoms with Crippen molar-refractivity contribution < 1.29 is 17.9 Å². The van der Waals surface area contributed by atoms with E-state index in [1.54, 1.807) is 50.2 Å².